The number of nitrogens with zero attached hydrogens (tertiary/aromatic N) is 1. The van der Waals surface area contributed by atoms with Crippen LogP contribution in [0.3, 0.4) is 0 Å². The fraction of sp³-hybridized carbons (Fsp3) is 0.381. The predicted molar refractivity (Wildman–Crippen MR) is 111 cm³/mol. The second-order valence-corrected chi connectivity index (χ2v) is 5.84. The molecule has 7 heteroatoms. The molecule has 0 radical (unpaired) electrons. The van der Waals surface area contributed by atoms with Crippen LogP contribution < -0.4 is 29.6 Å². The van der Waals surface area contributed by atoms with E-state index in [0.717, 1.165) is 16.9 Å². The Bertz CT molecular complexity index is 793. The maximum atomic E-state index is 5.67. The van der Waals surface area contributed by atoms with Crippen LogP contribution >= 0.6 is 0 Å². The van der Waals surface area contributed by atoms with Crippen LogP contribution in [-0.4, -0.2) is 40.9 Å². The first-order valence-corrected chi connectivity index (χ1v) is 9.10. The molecule has 0 spiro atoms. The van der Waals surface area contributed by atoms with Crippen molar-refractivity contribution in [2.45, 2.75) is 20.0 Å². The quantitative estimate of drug-likeness (QED) is 0.509. The van der Waals surface area contributed by atoms with E-state index in [1.807, 2.05) is 43.3 Å². The van der Waals surface area contributed by atoms with Crippen molar-refractivity contribution in [3.05, 3.63) is 47.5 Å². The fourth-order valence-electron chi connectivity index (χ4n) is 2.76. The third-order valence-electron chi connectivity index (χ3n) is 4.18. The van der Waals surface area contributed by atoms with Gasteiger partial charge in [0.15, 0.2) is 17.5 Å². The van der Waals surface area contributed by atoms with Crippen LogP contribution in [0.5, 0.6) is 23.0 Å². The average molecular weight is 387 g/mol. The third kappa shape index (κ3) is 5.45. The Morgan fingerprint density at radius 3 is 2.04 bits per heavy atom. The highest BCUT2D eigenvalue weighted by Gasteiger charge is 2.12. The highest BCUT2D eigenvalue weighted by atomic mass is 16.5. The molecule has 0 amide bonds. The Morgan fingerprint density at radius 2 is 1.43 bits per heavy atom. The Balaban J connectivity index is 2.05. The number of rotatable bonds is 9. The molecular weight excluding hydrogens is 358 g/mol. The van der Waals surface area contributed by atoms with E-state index in [2.05, 4.69) is 15.6 Å². The summed E-state index contributed by atoms with van der Waals surface area (Å²) in [6.45, 7) is 3.71. The van der Waals surface area contributed by atoms with Gasteiger partial charge in [0.05, 0.1) is 27.9 Å². The number of nitrogens with one attached hydrogen (secondary N) is 2. The molecule has 0 unspecified atom stereocenters. The normalized spacial score (nSPS) is 11.0. The van der Waals surface area contributed by atoms with Crippen molar-refractivity contribution >= 4 is 5.96 Å². The molecule has 28 heavy (non-hydrogen) atoms. The minimum atomic E-state index is 0.510. The van der Waals surface area contributed by atoms with Gasteiger partial charge in [0.1, 0.15) is 11.5 Å². The number of hydrogen-bond donors (Lipinski definition) is 2. The van der Waals surface area contributed by atoms with Gasteiger partial charge in [-0.3, -0.25) is 4.99 Å². The summed E-state index contributed by atoms with van der Waals surface area (Å²) in [4.78, 5) is 4.28. The van der Waals surface area contributed by atoms with Gasteiger partial charge in [0.2, 0.25) is 0 Å². The second kappa shape index (κ2) is 10.9. The molecule has 0 aliphatic carbocycles. The highest BCUT2D eigenvalue weighted by molar-refractivity contribution is 5.79. The number of aliphatic imine (C=N–C) groups is 1. The molecule has 152 valence electrons. The number of methoxy groups -OCH3 is 3. The minimum absolute atomic E-state index is 0.510. The standard InChI is InChI=1S/C21H29N3O4/c1-6-28-17-10-8-7-9-15(17)13-23-21(22-2)24-14-16-11-19(26-4)20(27-5)12-18(16)25-3/h7-12H,6,13-14H2,1-5H3,(H2,22,23,24). The summed E-state index contributed by atoms with van der Waals surface area (Å²) in [5, 5.41) is 6.60. The van der Waals surface area contributed by atoms with E-state index in [9.17, 15) is 0 Å². The first-order chi connectivity index (χ1) is 13.7. The van der Waals surface area contributed by atoms with Crippen LogP contribution in [0.2, 0.25) is 0 Å². The van der Waals surface area contributed by atoms with Crippen molar-refractivity contribution in [2.24, 2.45) is 4.99 Å². The van der Waals surface area contributed by atoms with E-state index < -0.39 is 0 Å². The zero-order chi connectivity index (χ0) is 20.4. The van der Waals surface area contributed by atoms with E-state index in [4.69, 9.17) is 18.9 Å². The number of guanidine groups is 1. The summed E-state index contributed by atoms with van der Waals surface area (Å²) >= 11 is 0. The van der Waals surface area contributed by atoms with Crippen LogP contribution in [0.25, 0.3) is 0 Å². The molecule has 0 atom stereocenters. The van der Waals surface area contributed by atoms with Gasteiger partial charge >= 0.3 is 0 Å². The lowest BCUT2D eigenvalue weighted by Crippen LogP contribution is -2.36. The molecule has 0 heterocycles. The van der Waals surface area contributed by atoms with Crippen molar-refractivity contribution in [1.29, 1.82) is 0 Å². The van der Waals surface area contributed by atoms with E-state index in [0.29, 0.717) is 42.9 Å². The van der Waals surface area contributed by atoms with Gasteiger partial charge in [-0.2, -0.15) is 0 Å². The highest BCUT2D eigenvalue weighted by Crippen LogP contribution is 2.34. The topological polar surface area (TPSA) is 73.3 Å². The number of para-hydroxylation sites is 1. The molecule has 0 saturated heterocycles. The second-order valence-electron chi connectivity index (χ2n) is 5.84. The molecule has 0 aromatic heterocycles. The Hall–Kier alpha value is -3.09. The maximum absolute atomic E-state index is 5.67. The van der Waals surface area contributed by atoms with Crippen molar-refractivity contribution in [3.8, 4) is 23.0 Å². The summed E-state index contributed by atoms with van der Waals surface area (Å²) in [6, 6.07) is 11.6. The number of benzene rings is 2. The summed E-state index contributed by atoms with van der Waals surface area (Å²) in [6.07, 6.45) is 0. The van der Waals surface area contributed by atoms with Gasteiger partial charge in [-0.25, -0.2) is 0 Å². The van der Waals surface area contributed by atoms with E-state index >= 15 is 0 Å². The summed E-state index contributed by atoms with van der Waals surface area (Å²) in [5.74, 6) is 3.52. The molecule has 7 nitrogen and oxygen atoms in total. The van der Waals surface area contributed by atoms with Gasteiger partial charge < -0.3 is 29.6 Å². The number of hydrogen-bond acceptors (Lipinski definition) is 5. The molecule has 0 fully saturated rings. The molecule has 2 aromatic carbocycles. The van der Waals surface area contributed by atoms with Gasteiger partial charge in [-0.15, -0.1) is 0 Å². The van der Waals surface area contributed by atoms with Crippen molar-refractivity contribution in [3.63, 3.8) is 0 Å². The summed E-state index contributed by atoms with van der Waals surface area (Å²) < 4.78 is 21.8. The molecule has 0 aliphatic heterocycles. The zero-order valence-electron chi connectivity index (χ0n) is 17.2. The van der Waals surface area contributed by atoms with Crippen LogP contribution in [0.15, 0.2) is 41.4 Å². The SMILES string of the molecule is CCOc1ccccc1CNC(=NC)NCc1cc(OC)c(OC)cc1OC. The van der Waals surface area contributed by atoms with E-state index in [-0.39, 0.29) is 0 Å². The van der Waals surface area contributed by atoms with Crippen LogP contribution in [0.1, 0.15) is 18.1 Å². The Labute approximate surface area is 166 Å². The molecule has 0 bridgehead atoms. The summed E-state index contributed by atoms with van der Waals surface area (Å²) in [7, 11) is 6.57. The lowest BCUT2D eigenvalue weighted by molar-refractivity contribution is 0.336. The first kappa shape index (κ1) is 21.2. The lowest BCUT2D eigenvalue weighted by Gasteiger charge is -2.17. The fourth-order valence-corrected chi connectivity index (χ4v) is 2.76. The average Bonchev–Trinajstić information content (AvgIpc) is 2.74. The van der Waals surface area contributed by atoms with Gasteiger partial charge in [-0.05, 0) is 19.1 Å². The van der Waals surface area contributed by atoms with Gasteiger partial charge in [0.25, 0.3) is 0 Å². The van der Waals surface area contributed by atoms with Gasteiger partial charge in [-0.1, -0.05) is 18.2 Å². The van der Waals surface area contributed by atoms with E-state index in [1.54, 1.807) is 28.4 Å². The largest absolute Gasteiger partial charge is 0.496 e. The molecule has 0 aliphatic rings. The lowest BCUT2D eigenvalue weighted by atomic mass is 10.1. The molecule has 0 saturated carbocycles. The van der Waals surface area contributed by atoms with Crippen molar-refractivity contribution in [1.82, 2.24) is 10.6 Å². The Morgan fingerprint density at radius 1 is 0.821 bits per heavy atom. The van der Waals surface area contributed by atoms with Gasteiger partial charge in [0, 0.05) is 37.3 Å². The molecular formula is C21H29N3O4. The number of ether oxygens (including phenoxy) is 4. The minimum Gasteiger partial charge on any atom is -0.496 e. The van der Waals surface area contributed by atoms with Crippen LogP contribution in [0, 0.1) is 0 Å². The molecule has 2 N–H and O–H groups in total. The monoisotopic (exact) mass is 387 g/mol. The third-order valence-corrected chi connectivity index (χ3v) is 4.18. The zero-order valence-corrected chi connectivity index (χ0v) is 17.2. The molecule has 2 aromatic rings. The van der Waals surface area contributed by atoms with E-state index in [1.165, 1.54) is 0 Å². The van der Waals surface area contributed by atoms with Crippen LogP contribution in [-0.2, 0) is 13.1 Å². The first-order valence-electron chi connectivity index (χ1n) is 9.10. The smallest absolute Gasteiger partial charge is 0.191 e. The van der Waals surface area contributed by atoms with Crippen molar-refractivity contribution < 1.29 is 18.9 Å². The maximum Gasteiger partial charge on any atom is 0.191 e. The van der Waals surface area contributed by atoms with Crippen LogP contribution in [0.4, 0.5) is 0 Å². The molecule has 2 rings (SSSR count). The van der Waals surface area contributed by atoms with Crippen molar-refractivity contribution in [2.75, 3.05) is 35.0 Å². The summed E-state index contributed by atoms with van der Waals surface area (Å²) in [5.41, 5.74) is 1.99. The Kier molecular flexibility index (Phi) is 8.27. The predicted octanol–water partition coefficient (Wildman–Crippen LogP) is 2.98.